The molecule has 0 aromatic carbocycles. The highest BCUT2D eigenvalue weighted by molar-refractivity contribution is 5.76. The first-order chi connectivity index (χ1) is 7.81. The van der Waals surface area contributed by atoms with E-state index in [2.05, 4.69) is 17.1 Å². The van der Waals surface area contributed by atoms with Crippen LogP contribution in [0, 0.1) is 17.8 Å². The summed E-state index contributed by atoms with van der Waals surface area (Å²) in [6.45, 7) is 5.48. The molecule has 3 heteroatoms. The molecule has 0 unspecified atom stereocenters. The number of hydrogen-bond acceptors (Lipinski definition) is 2. The van der Waals surface area contributed by atoms with Crippen molar-refractivity contribution >= 4 is 5.91 Å². The maximum absolute atomic E-state index is 12.1. The summed E-state index contributed by atoms with van der Waals surface area (Å²) in [5, 5.41) is 3.52. The van der Waals surface area contributed by atoms with Crippen molar-refractivity contribution in [1.29, 1.82) is 0 Å². The molecule has 0 aromatic rings. The third-order valence-electron chi connectivity index (χ3n) is 4.86. The molecule has 0 aromatic heterocycles. The van der Waals surface area contributed by atoms with Crippen LogP contribution in [0.4, 0.5) is 0 Å². The second kappa shape index (κ2) is 4.02. The van der Waals surface area contributed by atoms with Crippen LogP contribution in [0.3, 0.4) is 0 Å². The fourth-order valence-corrected chi connectivity index (χ4v) is 4.12. The van der Waals surface area contributed by atoms with Crippen LogP contribution in [0.2, 0.25) is 0 Å². The molecule has 3 saturated heterocycles. The summed E-state index contributed by atoms with van der Waals surface area (Å²) in [6, 6.07) is 0.559. The Morgan fingerprint density at radius 2 is 2.12 bits per heavy atom. The van der Waals surface area contributed by atoms with Gasteiger partial charge in [-0.15, -0.1) is 0 Å². The average Bonchev–Trinajstić information content (AvgIpc) is 2.80. The van der Waals surface area contributed by atoms with Gasteiger partial charge in [0.2, 0.25) is 5.91 Å². The molecule has 0 radical (unpaired) electrons. The lowest BCUT2D eigenvalue weighted by Gasteiger charge is -2.52. The molecule has 3 heterocycles. The number of carbonyl (C=O) groups is 1. The van der Waals surface area contributed by atoms with E-state index >= 15 is 0 Å². The van der Waals surface area contributed by atoms with Crippen molar-refractivity contribution in [3.8, 4) is 0 Å². The molecule has 90 valence electrons. The topological polar surface area (TPSA) is 32.3 Å². The van der Waals surface area contributed by atoms with Crippen molar-refractivity contribution in [2.24, 2.45) is 17.8 Å². The summed E-state index contributed by atoms with van der Waals surface area (Å²) in [5.74, 6) is 2.81. The van der Waals surface area contributed by atoms with Gasteiger partial charge in [0.15, 0.2) is 0 Å². The van der Waals surface area contributed by atoms with Crippen molar-refractivity contribution in [2.75, 3.05) is 19.6 Å². The number of fused-ring (bicyclic) bond motifs is 2. The van der Waals surface area contributed by atoms with E-state index in [4.69, 9.17) is 0 Å². The molecule has 1 amide bonds. The van der Waals surface area contributed by atoms with Gasteiger partial charge in [-0.3, -0.25) is 4.79 Å². The Balaban J connectivity index is 1.77. The maximum atomic E-state index is 12.1. The summed E-state index contributed by atoms with van der Waals surface area (Å²) >= 11 is 0. The van der Waals surface area contributed by atoms with Crippen LogP contribution in [-0.4, -0.2) is 36.5 Å². The minimum atomic E-state index is 0.405. The smallest absolute Gasteiger partial charge is 0.222 e. The van der Waals surface area contributed by atoms with E-state index in [1.807, 2.05) is 0 Å². The molecule has 3 aliphatic heterocycles. The summed E-state index contributed by atoms with van der Waals surface area (Å²) in [7, 11) is 0. The molecule has 2 bridgehead atoms. The Kier molecular flexibility index (Phi) is 2.66. The highest BCUT2D eigenvalue weighted by Crippen LogP contribution is 2.45. The monoisotopic (exact) mass is 222 g/mol. The molecular formula is C13H22N2O. The summed E-state index contributed by atoms with van der Waals surface area (Å²) < 4.78 is 0. The highest BCUT2D eigenvalue weighted by atomic mass is 16.2. The lowest BCUT2D eigenvalue weighted by molar-refractivity contribution is -0.143. The number of rotatable bonds is 2. The SMILES string of the molecule is CCCC(=O)N1C[C@H]2CC[C@H]1[C@H]1CNC[C@@H]21. The minimum Gasteiger partial charge on any atom is -0.339 e. The standard InChI is InChI=1S/C13H22N2O/c1-2-3-13(16)15-8-9-4-5-12(15)11-7-14-6-10(9)11/h9-12,14H,2-8H2,1H3/t9-,10+,11+,12+/m1/s1. The van der Waals surface area contributed by atoms with Crippen molar-refractivity contribution in [2.45, 2.75) is 38.6 Å². The van der Waals surface area contributed by atoms with Crippen molar-refractivity contribution in [3.63, 3.8) is 0 Å². The van der Waals surface area contributed by atoms with E-state index in [9.17, 15) is 4.79 Å². The van der Waals surface area contributed by atoms with Gasteiger partial charge in [0.05, 0.1) is 0 Å². The van der Waals surface area contributed by atoms with Crippen LogP contribution in [0.15, 0.2) is 0 Å². The van der Waals surface area contributed by atoms with Gasteiger partial charge >= 0.3 is 0 Å². The van der Waals surface area contributed by atoms with E-state index in [0.717, 1.165) is 43.7 Å². The Labute approximate surface area is 97.6 Å². The normalized spacial score (nSPS) is 41.2. The van der Waals surface area contributed by atoms with Gasteiger partial charge in [-0.2, -0.15) is 0 Å². The number of piperidine rings is 2. The predicted octanol–water partition coefficient (Wildman–Crippen LogP) is 1.24. The molecule has 4 atom stereocenters. The lowest BCUT2D eigenvalue weighted by Crippen LogP contribution is -2.59. The number of carbonyl (C=O) groups excluding carboxylic acids is 1. The van der Waals surface area contributed by atoms with E-state index in [-0.39, 0.29) is 0 Å². The minimum absolute atomic E-state index is 0.405. The van der Waals surface area contributed by atoms with Crippen LogP contribution < -0.4 is 5.32 Å². The zero-order valence-electron chi connectivity index (χ0n) is 10.1. The molecule has 0 spiro atoms. The van der Waals surface area contributed by atoms with Gasteiger partial charge in [0.1, 0.15) is 0 Å². The second-order valence-electron chi connectivity index (χ2n) is 5.69. The first-order valence-electron chi connectivity index (χ1n) is 6.81. The number of nitrogens with one attached hydrogen (secondary N) is 1. The summed E-state index contributed by atoms with van der Waals surface area (Å²) in [6.07, 6.45) is 4.33. The highest BCUT2D eigenvalue weighted by Gasteiger charge is 2.50. The van der Waals surface area contributed by atoms with Gasteiger partial charge in [0, 0.05) is 25.6 Å². The number of nitrogens with zero attached hydrogens (tertiary/aromatic N) is 1. The van der Waals surface area contributed by atoms with Gasteiger partial charge in [-0.1, -0.05) is 6.92 Å². The van der Waals surface area contributed by atoms with Crippen molar-refractivity contribution < 1.29 is 4.79 Å². The van der Waals surface area contributed by atoms with Crippen LogP contribution in [0.1, 0.15) is 32.6 Å². The summed E-state index contributed by atoms with van der Waals surface area (Å²) in [4.78, 5) is 14.3. The van der Waals surface area contributed by atoms with Crippen LogP contribution in [0.25, 0.3) is 0 Å². The fraction of sp³-hybridized carbons (Fsp3) is 0.923. The molecule has 1 saturated carbocycles. The number of amides is 1. The van der Waals surface area contributed by atoms with Crippen molar-refractivity contribution in [1.82, 2.24) is 10.2 Å². The van der Waals surface area contributed by atoms with E-state index in [1.165, 1.54) is 19.4 Å². The third-order valence-corrected chi connectivity index (χ3v) is 4.86. The molecule has 1 N–H and O–H groups in total. The van der Waals surface area contributed by atoms with Gasteiger partial charge in [-0.25, -0.2) is 0 Å². The molecule has 3 nitrogen and oxygen atoms in total. The first kappa shape index (κ1) is 10.6. The zero-order chi connectivity index (χ0) is 11.1. The lowest BCUT2D eigenvalue weighted by atomic mass is 9.66. The molecule has 16 heavy (non-hydrogen) atoms. The van der Waals surface area contributed by atoms with Gasteiger partial charge in [0.25, 0.3) is 0 Å². The maximum Gasteiger partial charge on any atom is 0.222 e. The number of hydrogen-bond donors (Lipinski definition) is 1. The third kappa shape index (κ3) is 1.48. The molecule has 4 fully saturated rings. The van der Waals surface area contributed by atoms with E-state index < -0.39 is 0 Å². The van der Waals surface area contributed by atoms with E-state index in [1.54, 1.807) is 0 Å². The van der Waals surface area contributed by atoms with Crippen molar-refractivity contribution in [3.05, 3.63) is 0 Å². The first-order valence-corrected chi connectivity index (χ1v) is 6.81. The average molecular weight is 222 g/mol. The molecular weight excluding hydrogens is 200 g/mol. The van der Waals surface area contributed by atoms with Crippen LogP contribution in [-0.2, 0) is 4.79 Å². The Bertz CT molecular complexity index is 292. The van der Waals surface area contributed by atoms with E-state index in [0.29, 0.717) is 11.9 Å². The summed E-state index contributed by atoms with van der Waals surface area (Å²) in [5.41, 5.74) is 0. The predicted molar refractivity (Wildman–Crippen MR) is 63.0 cm³/mol. The Hall–Kier alpha value is -0.570. The Morgan fingerprint density at radius 3 is 2.94 bits per heavy atom. The zero-order valence-corrected chi connectivity index (χ0v) is 10.1. The largest absolute Gasteiger partial charge is 0.339 e. The Morgan fingerprint density at radius 1 is 1.31 bits per heavy atom. The molecule has 4 aliphatic rings. The van der Waals surface area contributed by atoms with Crippen LogP contribution >= 0.6 is 0 Å². The molecule has 1 aliphatic carbocycles. The van der Waals surface area contributed by atoms with Gasteiger partial charge in [-0.05, 0) is 43.6 Å². The second-order valence-corrected chi connectivity index (χ2v) is 5.69. The van der Waals surface area contributed by atoms with Crippen LogP contribution in [0.5, 0.6) is 0 Å². The van der Waals surface area contributed by atoms with Gasteiger partial charge < -0.3 is 10.2 Å². The fourth-order valence-electron chi connectivity index (χ4n) is 4.12. The quantitative estimate of drug-likeness (QED) is 0.762. The molecule has 4 rings (SSSR count).